The van der Waals surface area contributed by atoms with Gasteiger partial charge in [0.15, 0.2) is 18.1 Å². The van der Waals surface area contributed by atoms with Gasteiger partial charge in [-0.3, -0.25) is 10.1 Å². The van der Waals surface area contributed by atoms with E-state index in [-0.39, 0.29) is 6.79 Å². The molecule has 3 aromatic rings. The zero-order valence-electron chi connectivity index (χ0n) is 15.3. The van der Waals surface area contributed by atoms with Crippen molar-refractivity contribution in [2.45, 2.75) is 6.92 Å². The van der Waals surface area contributed by atoms with Gasteiger partial charge in [-0.05, 0) is 36.8 Å². The summed E-state index contributed by atoms with van der Waals surface area (Å²) in [6.45, 7) is 1.53. The van der Waals surface area contributed by atoms with Gasteiger partial charge in [-0.15, -0.1) is 0 Å². The van der Waals surface area contributed by atoms with Crippen molar-refractivity contribution in [1.29, 1.82) is 0 Å². The van der Waals surface area contributed by atoms with Crippen molar-refractivity contribution < 1.29 is 28.2 Å². The number of urea groups is 1. The van der Waals surface area contributed by atoms with Crippen LogP contribution in [-0.4, -0.2) is 25.3 Å². The van der Waals surface area contributed by atoms with E-state index in [0.29, 0.717) is 28.5 Å². The molecule has 1 aliphatic heterocycles. The number of carbonyl (C=O) groups is 2. The number of ether oxygens (including phenoxy) is 3. The third-order valence-electron chi connectivity index (χ3n) is 4.18. The van der Waals surface area contributed by atoms with Crippen LogP contribution in [0.3, 0.4) is 0 Å². The van der Waals surface area contributed by atoms with Crippen LogP contribution in [-0.2, 0) is 4.79 Å². The van der Waals surface area contributed by atoms with Crippen molar-refractivity contribution in [3.63, 3.8) is 0 Å². The van der Waals surface area contributed by atoms with Crippen LogP contribution in [0.5, 0.6) is 17.2 Å². The fourth-order valence-electron chi connectivity index (χ4n) is 2.84. The summed E-state index contributed by atoms with van der Waals surface area (Å²) >= 11 is 0. The lowest BCUT2D eigenvalue weighted by molar-refractivity contribution is -0.121. The fourth-order valence-corrected chi connectivity index (χ4v) is 2.84. The molecular weight excluding hydrogens is 380 g/mol. The van der Waals surface area contributed by atoms with Gasteiger partial charge in [0.1, 0.15) is 11.3 Å². The van der Waals surface area contributed by atoms with Gasteiger partial charge >= 0.3 is 11.7 Å². The summed E-state index contributed by atoms with van der Waals surface area (Å²) in [7, 11) is 0. The summed E-state index contributed by atoms with van der Waals surface area (Å²) in [5.41, 5.74) is 1.11. The first-order valence-electron chi connectivity index (χ1n) is 8.66. The van der Waals surface area contributed by atoms with Crippen LogP contribution in [0.4, 0.5) is 10.5 Å². The summed E-state index contributed by atoms with van der Waals surface area (Å²) in [5, 5.41) is 5.46. The number of rotatable bonds is 4. The molecule has 0 unspecified atom stereocenters. The number of benzene rings is 2. The number of anilines is 1. The summed E-state index contributed by atoms with van der Waals surface area (Å²) < 4.78 is 20.9. The monoisotopic (exact) mass is 396 g/mol. The smallest absolute Gasteiger partial charge is 0.336 e. The van der Waals surface area contributed by atoms with E-state index >= 15 is 0 Å². The molecule has 1 aromatic heterocycles. The zero-order chi connectivity index (χ0) is 20.4. The third kappa shape index (κ3) is 4.13. The van der Waals surface area contributed by atoms with Crippen LogP contribution < -0.4 is 30.5 Å². The van der Waals surface area contributed by atoms with Gasteiger partial charge in [-0.25, -0.2) is 9.59 Å². The maximum Gasteiger partial charge on any atom is 0.336 e. The zero-order valence-corrected chi connectivity index (χ0v) is 15.3. The molecule has 2 heterocycles. The molecule has 0 radical (unpaired) electrons. The summed E-state index contributed by atoms with van der Waals surface area (Å²) in [4.78, 5) is 35.4. The lowest BCUT2D eigenvalue weighted by Crippen LogP contribution is -2.37. The molecular formula is C20H16N2O7. The van der Waals surface area contributed by atoms with Gasteiger partial charge in [-0.1, -0.05) is 0 Å². The predicted molar refractivity (Wildman–Crippen MR) is 102 cm³/mol. The van der Waals surface area contributed by atoms with E-state index in [9.17, 15) is 14.4 Å². The molecule has 0 atom stereocenters. The molecule has 0 fully saturated rings. The molecule has 2 aromatic carbocycles. The highest BCUT2D eigenvalue weighted by Gasteiger charge is 2.15. The summed E-state index contributed by atoms with van der Waals surface area (Å²) in [6.07, 6.45) is 0. The molecule has 0 saturated carbocycles. The Hall–Kier alpha value is -4.01. The highest BCUT2D eigenvalue weighted by molar-refractivity contribution is 6.01. The van der Waals surface area contributed by atoms with Crippen molar-refractivity contribution in [1.82, 2.24) is 5.32 Å². The highest BCUT2D eigenvalue weighted by Crippen LogP contribution is 2.34. The van der Waals surface area contributed by atoms with E-state index in [2.05, 4.69) is 10.6 Å². The second kappa shape index (κ2) is 7.55. The van der Waals surface area contributed by atoms with Crippen molar-refractivity contribution in [3.8, 4) is 17.2 Å². The normalized spacial score (nSPS) is 11.9. The van der Waals surface area contributed by atoms with E-state index in [1.807, 2.05) is 0 Å². The molecule has 0 aliphatic carbocycles. The topological polar surface area (TPSA) is 116 Å². The number of hydrogen-bond donors (Lipinski definition) is 2. The molecule has 0 spiro atoms. The first kappa shape index (κ1) is 18.4. The van der Waals surface area contributed by atoms with Crippen LogP contribution in [0, 0.1) is 6.92 Å². The van der Waals surface area contributed by atoms with Crippen molar-refractivity contribution in [2.24, 2.45) is 0 Å². The Morgan fingerprint density at radius 3 is 2.76 bits per heavy atom. The number of nitrogens with one attached hydrogen (secondary N) is 2. The van der Waals surface area contributed by atoms with Crippen LogP contribution in [0.15, 0.2) is 51.7 Å². The van der Waals surface area contributed by atoms with Gasteiger partial charge in [0.2, 0.25) is 6.79 Å². The van der Waals surface area contributed by atoms with Gasteiger partial charge in [0.05, 0.1) is 0 Å². The third-order valence-corrected chi connectivity index (χ3v) is 4.18. The second-order valence-electron chi connectivity index (χ2n) is 6.27. The highest BCUT2D eigenvalue weighted by atomic mass is 16.7. The second-order valence-corrected chi connectivity index (χ2v) is 6.27. The molecule has 2 N–H and O–H groups in total. The van der Waals surface area contributed by atoms with Gasteiger partial charge in [0.25, 0.3) is 5.91 Å². The fraction of sp³-hybridized carbons (Fsp3) is 0.150. The Kier molecular flexibility index (Phi) is 4.78. The average molecular weight is 396 g/mol. The summed E-state index contributed by atoms with van der Waals surface area (Å²) in [6, 6.07) is 10.5. The first-order valence-corrected chi connectivity index (χ1v) is 8.66. The van der Waals surface area contributed by atoms with Gasteiger partial charge in [-0.2, -0.15) is 0 Å². The van der Waals surface area contributed by atoms with Crippen LogP contribution >= 0.6 is 0 Å². The van der Waals surface area contributed by atoms with Crippen molar-refractivity contribution in [2.75, 3.05) is 18.7 Å². The lowest BCUT2D eigenvalue weighted by atomic mass is 10.1. The number of aryl methyl sites for hydroxylation is 1. The minimum absolute atomic E-state index is 0.124. The average Bonchev–Trinajstić information content (AvgIpc) is 3.13. The van der Waals surface area contributed by atoms with Gasteiger partial charge < -0.3 is 23.9 Å². The van der Waals surface area contributed by atoms with E-state index < -0.39 is 24.2 Å². The molecule has 9 heteroatoms. The largest absolute Gasteiger partial charge is 0.484 e. The van der Waals surface area contributed by atoms with E-state index in [0.717, 1.165) is 10.9 Å². The Balaban J connectivity index is 1.33. The Morgan fingerprint density at radius 2 is 1.90 bits per heavy atom. The Bertz CT molecular complexity index is 1170. The first-order chi connectivity index (χ1) is 14.0. The van der Waals surface area contributed by atoms with E-state index in [1.54, 1.807) is 37.3 Å². The minimum Gasteiger partial charge on any atom is -0.484 e. The molecule has 0 bridgehead atoms. The maximum absolute atomic E-state index is 12.0. The number of amides is 3. The van der Waals surface area contributed by atoms with Gasteiger partial charge in [0, 0.05) is 29.3 Å². The van der Waals surface area contributed by atoms with Crippen LogP contribution in [0.1, 0.15) is 5.56 Å². The van der Waals surface area contributed by atoms with Crippen LogP contribution in [0.25, 0.3) is 11.0 Å². The Morgan fingerprint density at radius 1 is 1.07 bits per heavy atom. The quantitative estimate of drug-likeness (QED) is 0.651. The van der Waals surface area contributed by atoms with E-state index in [4.69, 9.17) is 18.6 Å². The molecule has 3 amide bonds. The SMILES string of the molecule is Cc1cc(=O)oc2cc(OCC(=O)NC(=O)Nc3ccc4c(c3)OCO4)ccc12. The number of fused-ring (bicyclic) bond motifs is 2. The number of hydrogen-bond acceptors (Lipinski definition) is 7. The molecule has 148 valence electrons. The van der Waals surface area contributed by atoms with E-state index in [1.165, 1.54) is 12.1 Å². The number of carbonyl (C=O) groups excluding carboxylic acids is 2. The maximum atomic E-state index is 12.0. The minimum atomic E-state index is -0.711. The molecule has 29 heavy (non-hydrogen) atoms. The predicted octanol–water partition coefficient (Wildman–Crippen LogP) is 2.56. The standard InChI is InChI=1S/C20H16N2O7/c1-11-6-19(24)29-16-8-13(3-4-14(11)16)26-9-18(23)22-20(25)21-12-2-5-15-17(7-12)28-10-27-15/h2-8H,9-10H2,1H3,(H2,21,22,23,25). The molecule has 9 nitrogen and oxygen atoms in total. The molecule has 0 saturated heterocycles. The molecule has 4 rings (SSSR count). The van der Waals surface area contributed by atoms with Crippen molar-refractivity contribution in [3.05, 3.63) is 58.4 Å². The summed E-state index contributed by atoms with van der Waals surface area (Å²) in [5.74, 6) is 0.782. The van der Waals surface area contributed by atoms with Crippen LogP contribution in [0.2, 0.25) is 0 Å². The number of imide groups is 1. The lowest BCUT2D eigenvalue weighted by Gasteiger charge is -2.09. The molecule has 1 aliphatic rings. The van der Waals surface area contributed by atoms with Crippen molar-refractivity contribution >= 4 is 28.6 Å². The Labute approximate surface area is 164 Å².